The first-order valence-electron chi connectivity index (χ1n) is 4.25. The van der Waals surface area contributed by atoms with Gasteiger partial charge in [-0.25, -0.2) is 0 Å². The van der Waals surface area contributed by atoms with Crippen molar-refractivity contribution in [2.75, 3.05) is 6.54 Å². The van der Waals surface area contributed by atoms with E-state index in [9.17, 15) is 4.79 Å². The first kappa shape index (κ1) is 7.98. The highest BCUT2D eigenvalue weighted by Gasteiger charge is 2.15. The van der Waals surface area contributed by atoms with Crippen LogP contribution in [-0.4, -0.2) is 17.4 Å². The van der Waals surface area contributed by atoms with Crippen LogP contribution in [0.25, 0.3) is 6.08 Å². The summed E-state index contributed by atoms with van der Waals surface area (Å²) in [5.41, 5.74) is 1.88. The van der Waals surface area contributed by atoms with Crippen LogP contribution in [0.2, 0.25) is 0 Å². The molecule has 1 aromatic heterocycles. The Morgan fingerprint density at radius 2 is 2.15 bits per heavy atom. The van der Waals surface area contributed by atoms with Crippen molar-refractivity contribution < 1.29 is 4.79 Å². The maximum absolute atomic E-state index is 11.2. The van der Waals surface area contributed by atoms with Crippen LogP contribution in [0.1, 0.15) is 12.0 Å². The standard InChI is InChI=1S/C10H10N2O/c13-10-9(3-6-12-10)7-8-1-4-11-5-2-8/h1-2,4-5,7H,3,6H2,(H,12,13)/b9-7-. The number of hydrogen-bond acceptors (Lipinski definition) is 2. The summed E-state index contributed by atoms with van der Waals surface area (Å²) in [6.07, 6.45) is 6.17. The molecule has 1 fully saturated rings. The van der Waals surface area contributed by atoms with Gasteiger partial charge in [0.2, 0.25) is 5.91 Å². The lowest BCUT2D eigenvalue weighted by Gasteiger charge is -1.93. The van der Waals surface area contributed by atoms with Gasteiger partial charge >= 0.3 is 0 Å². The van der Waals surface area contributed by atoms with Crippen LogP contribution >= 0.6 is 0 Å². The lowest BCUT2D eigenvalue weighted by molar-refractivity contribution is -0.116. The highest BCUT2D eigenvalue weighted by atomic mass is 16.1. The number of nitrogens with zero attached hydrogens (tertiary/aromatic N) is 1. The van der Waals surface area contributed by atoms with Gasteiger partial charge in [-0.1, -0.05) is 0 Å². The molecule has 0 aromatic carbocycles. The highest BCUT2D eigenvalue weighted by Crippen LogP contribution is 2.12. The Morgan fingerprint density at radius 3 is 2.77 bits per heavy atom. The molecule has 1 amide bonds. The predicted octanol–water partition coefficient (Wildman–Crippen LogP) is 0.985. The minimum Gasteiger partial charge on any atom is -0.352 e. The Balaban J connectivity index is 2.25. The van der Waals surface area contributed by atoms with E-state index >= 15 is 0 Å². The van der Waals surface area contributed by atoms with Gasteiger partial charge in [-0.2, -0.15) is 0 Å². The fraction of sp³-hybridized carbons (Fsp3) is 0.200. The van der Waals surface area contributed by atoms with E-state index in [1.807, 2.05) is 18.2 Å². The molecular weight excluding hydrogens is 164 g/mol. The van der Waals surface area contributed by atoms with Gasteiger partial charge in [0.1, 0.15) is 0 Å². The maximum atomic E-state index is 11.2. The number of aromatic nitrogens is 1. The highest BCUT2D eigenvalue weighted by molar-refractivity contribution is 5.99. The smallest absolute Gasteiger partial charge is 0.247 e. The van der Waals surface area contributed by atoms with Crippen LogP contribution in [0, 0.1) is 0 Å². The molecule has 3 heteroatoms. The van der Waals surface area contributed by atoms with E-state index in [2.05, 4.69) is 10.3 Å². The monoisotopic (exact) mass is 174 g/mol. The molecule has 0 radical (unpaired) electrons. The first-order valence-corrected chi connectivity index (χ1v) is 4.25. The Kier molecular flexibility index (Phi) is 2.08. The van der Waals surface area contributed by atoms with Crippen molar-refractivity contribution in [2.24, 2.45) is 0 Å². The lowest BCUT2D eigenvalue weighted by atomic mass is 10.1. The summed E-state index contributed by atoms with van der Waals surface area (Å²) >= 11 is 0. The molecule has 2 heterocycles. The second kappa shape index (κ2) is 3.39. The summed E-state index contributed by atoms with van der Waals surface area (Å²) in [4.78, 5) is 15.1. The third-order valence-electron chi connectivity index (χ3n) is 2.02. The van der Waals surface area contributed by atoms with Crippen molar-refractivity contribution in [2.45, 2.75) is 6.42 Å². The molecule has 66 valence electrons. The Labute approximate surface area is 76.5 Å². The van der Waals surface area contributed by atoms with Crippen molar-refractivity contribution in [1.29, 1.82) is 0 Å². The molecule has 1 saturated heterocycles. The molecule has 1 N–H and O–H groups in total. The van der Waals surface area contributed by atoms with Crippen LogP contribution in [0.4, 0.5) is 0 Å². The average molecular weight is 174 g/mol. The van der Waals surface area contributed by atoms with E-state index in [1.54, 1.807) is 12.4 Å². The number of rotatable bonds is 1. The minimum atomic E-state index is 0.0526. The molecule has 0 bridgehead atoms. The van der Waals surface area contributed by atoms with Crippen LogP contribution in [0.3, 0.4) is 0 Å². The van der Waals surface area contributed by atoms with Crippen LogP contribution < -0.4 is 5.32 Å². The fourth-order valence-corrected chi connectivity index (χ4v) is 1.34. The summed E-state index contributed by atoms with van der Waals surface area (Å²) in [6, 6.07) is 3.78. The molecule has 13 heavy (non-hydrogen) atoms. The van der Waals surface area contributed by atoms with Crippen LogP contribution in [-0.2, 0) is 4.79 Å². The van der Waals surface area contributed by atoms with Crippen LogP contribution in [0.5, 0.6) is 0 Å². The zero-order valence-electron chi connectivity index (χ0n) is 7.16. The topological polar surface area (TPSA) is 42.0 Å². The Hall–Kier alpha value is -1.64. The van der Waals surface area contributed by atoms with E-state index in [4.69, 9.17) is 0 Å². The summed E-state index contributed by atoms with van der Waals surface area (Å²) < 4.78 is 0. The molecule has 0 spiro atoms. The molecule has 0 saturated carbocycles. The zero-order chi connectivity index (χ0) is 9.10. The number of nitrogens with one attached hydrogen (secondary N) is 1. The SMILES string of the molecule is O=C1NCC/C1=C/c1ccncc1. The summed E-state index contributed by atoms with van der Waals surface area (Å²) in [7, 11) is 0. The van der Waals surface area contributed by atoms with Gasteiger partial charge in [-0.3, -0.25) is 9.78 Å². The summed E-state index contributed by atoms with van der Waals surface area (Å²) in [5.74, 6) is 0.0526. The summed E-state index contributed by atoms with van der Waals surface area (Å²) in [6.45, 7) is 0.760. The molecule has 3 nitrogen and oxygen atoms in total. The first-order chi connectivity index (χ1) is 6.36. The molecule has 1 aromatic rings. The maximum Gasteiger partial charge on any atom is 0.247 e. The van der Waals surface area contributed by atoms with Gasteiger partial charge in [0.05, 0.1) is 0 Å². The van der Waals surface area contributed by atoms with E-state index in [-0.39, 0.29) is 5.91 Å². The van der Waals surface area contributed by atoms with E-state index in [0.29, 0.717) is 0 Å². The molecular formula is C10H10N2O. The summed E-state index contributed by atoms with van der Waals surface area (Å²) in [5, 5.41) is 2.77. The second-order valence-corrected chi connectivity index (χ2v) is 2.96. The molecule has 1 aliphatic rings. The average Bonchev–Trinajstić information content (AvgIpc) is 2.54. The molecule has 1 aliphatic heterocycles. The van der Waals surface area contributed by atoms with Gasteiger partial charge in [-0.05, 0) is 30.2 Å². The number of pyridine rings is 1. The normalized spacial score (nSPS) is 19.1. The third-order valence-corrected chi connectivity index (χ3v) is 2.02. The number of amides is 1. The van der Waals surface area contributed by atoms with Crippen LogP contribution in [0.15, 0.2) is 30.1 Å². The quantitative estimate of drug-likeness (QED) is 0.645. The van der Waals surface area contributed by atoms with Gasteiger partial charge in [0, 0.05) is 24.5 Å². The van der Waals surface area contributed by atoms with E-state index in [1.165, 1.54) is 0 Å². The van der Waals surface area contributed by atoms with Crippen molar-refractivity contribution in [3.8, 4) is 0 Å². The van der Waals surface area contributed by atoms with Gasteiger partial charge in [-0.15, -0.1) is 0 Å². The molecule has 2 rings (SSSR count). The number of carbonyl (C=O) groups is 1. The number of hydrogen-bond donors (Lipinski definition) is 1. The second-order valence-electron chi connectivity index (χ2n) is 2.96. The largest absolute Gasteiger partial charge is 0.352 e. The van der Waals surface area contributed by atoms with Gasteiger partial charge in [0.15, 0.2) is 0 Å². The van der Waals surface area contributed by atoms with Crippen molar-refractivity contribution >= 4 is 12.0 Å². The van der Waals surface area contributed by atoms with Crippen molar-refractivity contribution in [3.05, 3.63) is 35.7 Å². The third kappa shape index (κ3) is 1.75. The van der Waals surface area contributed by atoms with Crippen molar-refractivity contribution in [1.82, 2.24) is 10.3 Å². The minimum absolute atomic E-state index is 0.0526. The molecule has 0 atom stereocenters. The van der Waals surface area contributed by atoms with E-state index in [0.717, 1.165) is 24.1 Å². The van der Waals surface area contributed by atoms with E-state index < -0.39 is 0 Å². The molecule has 0 unspecified atom stereocenters. The van der Waals surface area contributed by atoms with Gasteiger partial charge in [0.25, 0.3) is 0 Å². The van der Waals surface area contributed by atoms with Gasteiger partial charge < -0.3 is 5.32 Å². The zero-order valence-corrected chi connectivity index (χ0v) is 7.16. The van der Waals surface area contributed by atoms with Crippen molar-refractivity contribution in [3.63, 3.8) is 0 Å². The Bertz CT molecular complexity index is 343. The lowest BCUT2D eigenvalue weighted by Crippen LogP contribution is -2.13. The Morgan fingerprint density at radius 1 is 1.38 bits per heavy atom. The predicted molar refractivity (Wildman–Crippen MR) is 49.8 cm³/mol. The number of carbonyl (C=O) groups excluding carboxylic acids is 1. The fourth-order valence-electron chi connectivity index (χ4n) is 1.34. The molecule has 0 aliphatic carbocycles.